The van der Waals surface area contributed by atoms with Gasteiger partial charge in [-0.3, -0.25) is 4.98 Å². The van der Waals surface area contributed by atoms with E-state index >= 15 is 0 Å². The van der Waals surface area contributed by atoms with Gasteiger partial charge in [0.05, 0.1) is 17.3 Å². The number of hydrogen-bond acceptors (Lipinski definition) is 2. The Morgan fingerprint density at radius 1 is 0.903 bits per heavy atom. The molecule has 2 heterocycles. The second-order valence-electron chi connectivity index (χ2n) is 7.44. The number of alkyl halides is 3. The molecule has 0 aliphatic heterocycles. The minimum Gasteiger partial charge on any atom is -0.485 e. The lowest BCUT2D eigenvalue weighted by molar-refractivity contribution is -0.137. The average molecular weight is 428 g/mol. The zero-order chi connectivity index (χ0) is 22.2. The second kappa shape index (κ2) is 8.06. The molecule has 0 aliphatic rings. The SMILES string of the molecule is Cc1c(C)n(Cc2ccc(C(F)(F)F)cc2)c2c(OCc3ccc(F)cc3)cncc12. The van der Waals surface area contributed by atoms with Crippen LogP contribution >= 0.6 is 0 Å². The zero-order valence-electron chi connectivity index (χ0n) is 17.0. The molecule has 0 amide bonds. The molecular formula is C24H20F4N2O. The molecule has 0 saturated carbocycles. The largest absolute Gasteiger partial charge is 0.485 e. The maximum Gasteiger partial charge on any atom is 0.416 e. The number of nitrogens with zero attached hydrogens (tertiary/aromatic N) is 2. The smallest absolute Gasteiger partial charge is 0.416 e. The van der Waals surface area contributed by atoms with Crippen molar-refractivity contribution in [2.45, 2.75) is 33.2 Å². The van der Waals surface area contributed by atoms with Gasteiger partial charge in [0.2, 0.25) is 0 Å². The molecule has 0 radical (unpaired) electrons. The summed E-state index contributed by atoms with van der Waals surface area (Å²) in [6.45, 7) is 4.57. The highest BCUT2D eigenvalue weighted by molar-refractivity contribution is 5.89. The fraction of sp³-hybridized carbons (Fsp3) is 0.208. The molecule has 160 valence electrons. The van der Waals surface area contributed by atoms with E-state index < -0.39 is 11.7 Å². The molecule has 0 unspecified atom stereocenters. The second-order valence-corrected chi connectivity index (χ2v) is 7.44. The normalized spacial score (nSPS) is 11.8. The van der Waals surface area contributed by atoms with Gasteiger partial charge in [0, 0.05) is 23.8 Å². The van der Waals surface area contributed by atoms with E-state index in [4.69, 9.17) is 4.74 Å². The third-order valence-corrected chi connectivity index (χ3v) is 5.43. The van der Waals surface area contributed by atoms with E-state index in [0.717, 1.165) is 45.4 Å². The van der Waals surface area contributed by atoms with Crippen LogP contribution in [0.5, 0.6) is 5.75 Å². The predicted octanol–water partition coefficient (Wildman–Crippen LogP) is 6.44. The molecule has 0 fully saturated rings. The third-order valence-electron chi connectivity index (χ3n) is 5.43. The number of benzene rings is 2. The topological polar surface area (TPSA) is 27.1 Å². The molecule has 2 aromatic carbocycles. The first-order chi connectivity index (χ1) is 14.7. The van der Waals surface area contributed by atoms with Crippen molar-refractivity contribution < 1.29 is 22.3 Å². The van der Waals surface area contributed by atoms with Gasteiger partial charge in [-0.2, -0.15) is 13.2 Å². The fourth-order valence-corrected chi connectivity index (χ4v) is 3.58. The fourth-order valence-electron chi connectivity index (χ4n) is 3.58. The highest BCUT2D eigenvalue weighted by Gasteiger charge is 2.30. The first kappa shape index (κ1) is 20.9. The number of aromatic nitrogens is 2. The van der Waals surface area contributed by atoms with E-state index in [2.05, 4.69) is 4.98 Å². The summed E-state index contributed by atoms with van der Waals surface area (Å²) in [5, 5.41) is 0.918. The summed E-state index contributed by atoms with van der Waals surface area (Å²) in [5.74, 6) is 0.245. The van der Waals surface area contributed by atoms with Crippen LogP contribution in [-0.4, -0.2) is 9.55 Å². The average Bonchev–Trinajstić information content (AvgIpc) is 2.98. The van der Waals surface area contributed by atoms with Gasteiger partial charge in [-0.1, -0.05) is 24.3 Å². The van der Waals surface area contributed by atoms with Crippen LogP contribution in [0.3, 0.4) is 0 Å². The molecule has 0 atom stereocenters. The summed E-state index contributed by atoms with van der Waals surface area (Å²) in [6, 6.07) is 11.2. The monoisotopic (exact) mass is 428 g/mol. The van der Waals surface area contributed by atoms with E-state index in [-0.39, 0.29) is 12.4 Å². The lowest BCUT2D eigenvalue weighted by atomic mass is 10.1. The summed E-state index contributed by atoms with van der Waals surface area (Å²) in [5.41, 5.74) is 3.72. The van der Waals surface area contributed by atoms with E-state index in [1.54, 1.807) is 24.5 Å². The minimum atomic E-state index is -4.36. The van der Waals surface area contributed by atoms with Gasteiger partial charge in [-0.05, 0) is 54.8 Å². The molecule has 3 nitrogen and oxygen atoms in total. The molecule has 0 spiro atoms. The summed E-state index contributed by atoms with van der Waals surface area (Å²) in [7, 11) is 0. The van der Waals surface area contributed by atoms with Gasteiger partial charge in [0.1, 0.15) is 12.4 Å². The van der Waals surface area contributed by atoms with E-state index in [1.807, 2.05) is 18.4 Å². The van der Waals surface area contributed by atoms with Gasteiger partial charge in [0.15, 0.2) is 5.75 Å². The standard InChI is InChI=1S/C24H20F4N2O/c1-15-16(2)30(13-17-3-7-19(8-4-17)24(26,27)28)23-21(15)11-29-12-22(23)31-14-18-5-9-20(25)10-6-18/h3-12H,13-14H2,1-2H3. The summed E-state index contributed by atoms with van der Waals surface area (Å²) in [6.07, 6.45) is -0.988. The lowest BCUT2D eigenvalue weighted by Crippen LogP contribution is -2.07. The maximum atomic E-state index is 13.1. The van der Waals surface area contributed by atoms with Crippen molar-refractivity contribution in [1.82, 2.24) is 9.55 Å². The van der Waals surface area contributed by atoms with E-state index in [1.165, 1.54) is 24.3 Å². The molecule has 4 rings (SSSR count). The number of fused-ring (bicyclic) bond motifs is 1. The Balaban J connectivity index is 1.68. The summed E-state index contributed by atoms with van der Waals surface area (Å²) in [4.78, 5) is 4.28. The summed E-state index contributed by atoms with van der Waals surface area (Å²) < 4.78 is 59.8. The van der Waals surface area contributed by atoms with Gasteiger partial charge in [-0.25, -0.2) is 4.39 Å². The molecule has 0 bridgehead atoms. The van der Waals surface area contributed by atoms with Crippen molar-refractivity contribution in [3.8, 4) is 5.75 Å². The molecule has 7 heteroatoms. The molecular weight excluding hydrogens is 408 g/mol. The molecule has 0 N–H and O–H groups in total. The number of hydrogen-bond donors (Lipinski definition) is 0. The first-order valence-corrected chi connectivity index (χ1v) is 9.71. The number of halogens is 4. The third kappa shape index (κ3) is 4.26. The number of ether oxygens (including phenoxy) is 1. The van der Waals surface area contributed by atoms with Crippen LogP contribution in [0.1, 0.15) is 27.9 Å². The highest BCUT2D eigenvalue weighted by atomic mass is 19.4. The van der Waals surface area contributed by atoms with E-state index in [0.29, 0.717) is 12.3 Å². The number of rotatable bonds is 5. The Labute approximate surface area is 176 Å². The summed E-state index contributed by atoms with van der Waals surface area (Å²) >= 11 is 0. The Bertz CT molecular complexity index is 1210. The molecule has 2 aromatic heterocycles. The van der Waals surface area contributed by atoms with Crippen molar-refractivity contribution in [2.75, 3.05) is 0 Å². The maximum absolute atomic E-state index is 13.1. The van der Waals surface area contributed by atoms with Crippen molar-refractivity contribution in [1.29, 1.82) is 0 Å². The van der Waals surface area contributed by atoms with Crippen LogP contribution in [0, 0.1) is 19.7 Å². The van der Waals surface area contributed by atoms with E-state index in [9.17, 15) is 17.6 Å². The molecule has 31 heavy (non-hydrogen) atoms. The Hall–Kier alpha value is -3.35. The predicted molar refractivity (Wildman–Crippen MR) is 110 cm³/mol. The Morgan fingerprint density at radius 2 is 1.55 bits per heavy atom. The van der Waals surface area contributed by atoms with Crippen LogP contribution in [-0.2, 0) is 19.3 Å². The number of aryl methyl sites for hydroxylation is 1. The Kier molecular flexibility index (Phi) is 5.43. The van der Waals surface area contributed by atoms with Crippen LogP contribution in [0.4, 0.5) is 17.6 Å². The zero-order valence-corrected chi connectivity index (χ0v) is 17.0. The van der Waals surface area contributed by atoms with Gasteiger partial charge < -0.3 is 9.30 Å². The van der Waals surface area contributed by atoms with Gasteiger partial charge in [0.25, 0.3) is 0 Å². The van der Waals surface area contributed by atoms with Crippen LogP contribution < -0.4 is 4.74 Å². The highest BCUT2D eigenvalue weighted by Crippen LogP contribution is 2.33. The van der Waals surface area contributed by atoms with Crippen molar-refractivity contribution in [3.63, 3.8) is 0 Å². The lowest BCUT2D eigenvalue weighted by Gasteiger charge is -2.13. The van der Waals surface area contributed by atoms with Crippen molar-refractivity contribution >= 4 is 10.9 Å². The van der Waals surface area contributed by atoms with Gasteiger partial charge in [-0.15, -0.1) is 0 Å². The van der Waals surface area contributed by atoms with Crippen molar-refractivity contribution in [3.05, 3.63) is 94.7 Å². The quantitative estimate of drug-likeness (QED) is 0.342. The molecule has 4 aromatic rings. The molecule has 0 aliphatic carbocycles. The van der Waals surface area contributed by atoms with Crippen LogP contribution in [0.2, 0.25) is 0 Å². The van der Waals surface area contributed by atoms with Crippen LogP contribution in [0.15, 0.2) is 60.9 Å². The van der Waals surface area contributed by atoms with Gasteiger partial charge >= 0.3 is 6.18 Å². The minimum absolute atomic E-state index is 0.241. The first-order valence-electron chi connectivity index (χ1n) is 9.71. The van der Waals surface area contributed by atoms with Crippen molar-refractivity contribution in [2.24, 2.45) is 0 Å². The molecule has 0 saturated heterocycles. The Morgan fingerprint density at radius 3 is 2.19 bits per heavy atom. The number of pyridine rings is 1. The van der Waals surface area contributed by atoms with Crippen LogP contribution in [0.25, 0.3) is 10.9 Å².